The normalized spacial score (nSPS) is 44.1. The van der Waals surface area contributed by atoms with Gasteiger partial charge >= 0.3 is 0 Å². The molecule has 0 radical (unpaired) electrons. The first kappa shape index (κ1) is 10.7. The van der Waals surface area contributed by atoms with E-state index in [2.05, 4.69) is 11.9 Å². The second-order valence-electron chi connectivity index (χ2n) is 5.82. The number of carbonyl (C=O) groups is 1. The van der Waals surface area contributed by atoms with Crippen LogP contribution in [0.5, 0.6) is 0 Å². The van der Waals surface area contributed by atoms with E-state index < -0.39 is 0 Å². The quantitative estimate of drug-likeness (QED) is 0.608. The molecule has 4 nitrogen and oxygen atoms in total. The topological polar surface area (TPSA) is 55.6 Å². The molecular weight excluding hydrogens is 230 g/mol. The number of oxazole rings is 1. The van der Waals surface area contributed by atoms with Gasteiger partial charge in [0, 0.05) is 6.92 Å². The third kappa shape index (κ3) is 1.06. The third-order valence-corrected chi connectivity index (χ3v) is 5.16. The van der Waals surface area contributed by atoms with Crippen molar-refractivity contribution in [1.82, 2.24) is 4.98 Å². The van der Waals surface area contributed by atoms with E-state index in [9.17, 15) is 4.79 Å². The summed E-state index contributed by atoms with van der Waals surface area (Å²) in [6, 6.07) is 0. The second kappa shape index (κ2) is 3.23. The zero-order chi connectivity index (χ0) is 12.5. The van der Waals surface area contributed by atoms with Gasteiger partial charge in [0.25, 0.3) is 0 Å². The Labute approximate surface area is 106 Å². The molecule has 4 heteroatoms. The SMILES string of the molecule is CCC1C(c2nc(C(C)=O)co2)[C@@]23O[C@@H]2CC[C@H]13. The zero-order valence-corrected chi connectivity index (χ0v) is 10.7. The molecule has 96 valence electrons. The standard InChI is InChI=1S/C14H17NO3/c1-3-8-9-4-5-11-14(9,18-11)12(8)13-15-10(6-17-13)7(2)16/h6,8-9,11-12H,3-5H2,1-2H3/t8?,9-,11-,12?,14+/m1/s1. The molecule has 1 aromatic heterocycles. The fourth-order valence-corrected chi connectivity index (χ4v) is 4.37. The van der Waals surface area contributed by atoms with Gasteiger partial charge in [-0.05, 0) is 24.7 Å². The van der Waals surface area contributed by atoms with Crippen molar-refractivity contribution in [2.75, 3.05) is 0 Å². The van der Waals surface area contributed by atoms with Gasteiger partial charge in [0.05, 0.1) is 12.0 Å². The number of hydrogen-bond donors (Lipinski definition) is 0. The van der Waals surface area contributed by atoms with Crippen molar-refractivity contribution in [1.29, 1.82) is 0 Å². The Bertz CT molecular complexity index is 523. The molecule has 2 unspecified atom stereocenters. The van der Waals surface area contributed by atoms with Crippen LogP contribution in [0, 0.1) is 11.8 Å². The Hall–Kier alpha value is -1.16. The minimum atomic E-state index is -0.0360. The lowest BCUT2D eigenvalue weighted by Gasteiger charge is -2.47. The van der Waals surface area contributed by atoms with Crippen LogP contribution in [-0.2, 0) is 4.74 Å². The predicted molar refractivity (Wildman–Crippen MR) is 63.4 cm³/mol. The summed E-state index contributed by atoms with van der Waals surface area (Å²) in [7, 11) is 0. The molecule has 2 saturated carbocycles. The van der Waals surface area contributed by atoms with E-state index in [0.29, 0.717) is 29.5 Å². The number of ketones is 1. The molecule has 1 aromatic rings. The molecule has 1 spiro atoms. The molecule has 18 heavy (non-hydrogen) atoms. The number of nitrogens with zero attached hydrogens (tertiary/aromatic N) is 1. The summed E-state index contributed by atoms with van der Waals surface area (Å²) in [5.74, 6) is 2.24. The number of rotatable bonds is 3. The zero-order valence-electron chi connectivity index (χ0n) is 10.7. The van der Waals surface area contributed by atoms with Gasteiger partial charge in [-0.3, -0.25) is 4.79 Å². The lowest BCUT2D eigenvalue weighted by atomic mass is 9.56. The maximum atomic E-state index is 11.3. The summed E-state index contributed by atoms with van der Waals surface area (Å²) >= 11 is 0. The van der Waals surface area contributed by atoms with E-state index in [-0.39, 0.29) is 17.3 Å². The van der Waals surface area contributed by atoms with Crippen molar-refractivity contribution in [2.24, 2.45) is 11.8 Å². The summed E-state index contributed by atoms with van der Waals surface area (Å²) in [6.07, 6.45) is 5.49. The van der Waals surface area contributed by atoms with Crippen LogP contribution < -0.4 is 0 Å². The molecule has 1 saturated heterocycles. The summed E-state index contributed by atoms with van der Waals surface area (Å²) < 4.78 is 11.5. The number of hydrogen-bond acceptors (Lipinski definition) is 4. The molecule has 5 atom stereocenters. The van der Waals surface area contributed by atoms with Crippen molar-refractivity contribution in [3.05, 3.63) is 17.8 Å². The molecular formula is C14H17NO3. The van der Waals surface area contributed by atoms with E-state index in [4.69, 9.17) is 9.15 Å². The van der Waals surface area contributed by atoms with E-state index in [0.717, 1.165) is 6.42 Å². The van der Waals surface area contributed by atoms with Gasteiger partial charge in [0.1, 0.15) is 17.6 Å². The Morgan fingerprint density at radius 2 is 2.39 bits per heavy atom. The highest BCUT2D eigenvalue weighted by atomic mass is 16.6. The summed E-state index contributed by atoms with van der Waals surface area (Å²) in [6.45, 7) is 3.74. The van der Waals surface area contributed by atoms with Gasteiger partial charge in [0.2, 0.25) is 5.89 Å². The molecule has 0 N–H and O–H groups in total. The van der Waals surface area contributed by atoms with Gasteiger partial charge in [-0.15, -0.1) is 0 Å². The van der Waals surface area contributed by atoms with Crippen LogP contribution in [-0.4, -0.2) is 22.5 Å². The lowest BCUT2D eigenvalue weighted by molar-refractivity contribution is -0.0217. The van der Waals surface area contributed by atoms with Gasteiger partial charge in [-0.2, -0.15) is 0 Å². The highest BCUT2D eigenvalue weighted by molar-refractivity contribution is 5.91. The molecule has 0 bridgehead atoms. The Balaban J connectivity index is 1.69. The number of epoxide rings is 1. The van der Waals surface area contributed by atoms with Crippen molar-refractivity contribution in [3.63, 3.8) is 0 Å². The monoisotopic (exact) mass is 247 g/mol. The predicted octanol–water partition coefficient (Wildman–Crippen LogP) is 2.55. The average molecular weight is 247 g/mol. The molecule has 4 rings (SSSR count). The van der Waals surface area contributed by atoms with E-state index in [1.54, 1.807) is 0 Å². The molecule has 2 aliphatic carbocycles. The largest absolute Gasteiger partial charge is 0.448 e. The van der Waals surface area contributed by atoms with Crippen LogP contribution in [0.3, 0.4) is 0 Å². The number of ether oxygens (including phenoxy) is 1. The fourth-order valence-electron chi connectivity index (χ4n) is 4.37. The molecule has 3 fully saturated rings. The molecule has 2 heterocycles. The number of Topliss-reactive ketones (excluding diaryl/α,β-unsaturated/α-hetero) is 1. The maximum absolute atomic E-state index is 11.3. The first-order chi connectivity index (χ1) is 8.68. The minimum Gasteiger partial charge on any atom is -0.448 e. The highest BCUT2D eigenvalue weighted by Gasteiger charge is 2.79. The van der Waals surface area contributed by atoms with Gasteiger partial charge < -0.3 is 9.15 Å². The minimum absolute atomic E-state index is 0.0274. The van der Waals surface area contributed by atoms with Gasteiger partial charge in [-0.25, -0.2) is 4.98 Å². The van der Waals surface area contributed by atoms with Gasteiger partial charge in [-0.1, -0.05) is 13.3 Å². The van der Waals surface area contributed by atoms with E-state index in [1.807, 2.05) is 0 Å². The Morgan fingerprint density at radius 3 is 3.00 bits per heavy atom. The van der Waals surface area contributed by atoms with Crippen LogP contribution in [0.15, 0.2) is 10.7 Å². The van der Waals surface area contributed by atoms with Crippen LogP contribution in [0.2, 0.25) is 0 Å². The smallest absolute Gasteiger partial charge is 0.201 e. The average Bonchev–Trinajstić information content (AvgIpc) is 2.75. The summed E-state index contributed by atoms with van der Waals surface area (Å²) in [5.41, 5.74) is 0.467. The molecule has 1 aliphatic heterocycles. The van der Waals surface area contributed by atoms with Crippen molar-refractivity contribution in [3.8, 4) is 0 Å². The Kier molecular flexibility index (Phi) is 1.93. The third-order valence-electron chi connectivity index (χ3n) is 5.16. The van der Waals surface area contributed by atoms with Crippen molar-refractivity contribution < 1.29 is 13.9 Å². The first-order valence-electron chi connectivity index (χ1n) is 6.82. The first-order valence-corrected chi connectivity index (χ1v) is 6.82. The molecule has 3 aliphatic rings. The van der Waals surface area contributed by atoms with E-state index in [1.165, 1.54) is 26.0 Å². The molecule has 0 amide bonds. The van der Waals surface area contributed by atoms with Crippen molar-refractivity contribution >= 4 is 5.78 Å². The second-order valence-corrected chi connectivity index (χ2v) is 5.82. The number of aromatic nitrogens is 1. The van der Waals surface area contributed by atoms with Crippen LogP contribution in [0.25, 0.3) is 0 Å². The Morgan fingerprint density at radius 1 is 1.56 bits per heavy atom. The van der Waals surface area contributed by atoms with Crippen LogP contribution in [0.4, 0.5) is 0 Å². The van der Waals surface area contributed by atoms with Crippen LogP contribution in [0.1, 0.15) is 55.4 Å². The summed E-state index contributed by atoms with van der Waals surface area (Å²) in [5, 5.41) is 0. The highest BCUT2D eigenvalue weighted by Crippen LogP contribution is 2.74. The lowest BCUT2D eigenvalue weighted by Crippen LogP contribution is -2.51. The summed E-state index contributed by atoms with van der Waals surface area (Å²) in [4.78, 5) is 15.7. The molecule has 0 aromatic carbocycles. The van der Waals surface area contributed by atoms with Gasteiger partial charge in [0.15, 0.2) is 5.78 Å². The fraction of sp³-hybridized carbons (Fsp3) is 0.714. The van der Waals surface area contributed by atoms with Crippen LogP contribution >= 0.6 is 0 Å². The number of carbonyl (C=O) groups excluding carboxylic acids is 1. The maximum Gasteiger partial charge on any atom is 0.201 e. The van der Waals surface area contributed by atoms with Crippen molar-refractivity contribution in [2.45, 2.75) is 50.7 Å². The van der Waals surface area contributed by atoms with E-state index >= 15 is 0 Å².